The molecule has 19 heavy (non-hydrogen) atoms. The Bertz CT molecular complexity index is 435. The summed E-state index contributed by atoms with van der Waals surface area (Å²) in [6.45, 7) is 4.84. The summed E-state index contributed by atoms with van der Waals surface area (Å²) in [6.07, 6.45) is 4.04. The second-order valence-corrected chi connectivity index (χ2v) is 6.30. The maximum atomic E-state index is 3.49. The number of nitrogens with one attached hydrogen (secondary N) is 1. The lowest BCUT2D eigenvalue weighted by molar-refractivity contribution is 0.232. The molecule has 0 bridgehead atoms. The zero-order chi connectivity index (χ0) is 13.3. The Kier molecular flexibility index (Phi) is 3.40. The smallest absolute Gasteiger partial charge is 0.0604 e. The fourth-order valence-electron chi connectivity index (χ4n) is 3.62. The van der Waals surface area contributed by atoms with Crippen LogP contribution in [0.3, 0.4) is 0 Å². The van der Waals surface area contributed by atoms with Crippen LogP contribution in [0.2, 0.25) is 0 Å². The van der Waals surface area contributed by atoms with Gasteiger partial charge in [0.05, 0.1) is 11.4 Å². The van der Waals surface area contributed by atoms with E-state index in [0.29, 0.717) is 5.41 Å². The first-order chi connectivity index (χ1) is 9.20. The first-order valence-electron chi connectivity index (χ1n) is 7.42. The van der Waals surface area contributed by atoms with Gasteiger partial charge in [-0.15, -0.1) is 0 Å². The summed E-state index contributed by atoms with van der Waals surface area (Å²) in [5, 5.41) is 3.49. The zero-order valence-corrected chi connectivity index (χ0v) is 12.2. The number of nitrogens with zero attached hydrogens (tertiary/aromatic N) is 2. The molecule has 0 amide bonds. The Morgan fingerprint density at radius 2 is 1.84 bits per heavy atom. The van der Waals surface area contributed by atoms with Gasteiger partial charge in [-0.2, -0.15) is 0 Å². The van der Waals surface area contributed by atoms with Crippen LogP contribution < -0.4 is 15.1 Å². The van der Waals surface area contributed by atoms with Crippen molar-refractivity contribution in [2.75, 3.05) is 50.1 Å². The highest BCUT2D eigenvalue weighted by Gasteiger charge is 2.39. The Morgan fingerprint density at radius 3 is 2.58 bits per heavy atom. The molecule has 104 valence electrons. The average molecular weight is 259 g/mol. The molecule has 3 nitrogen and oxygen atoms in total. The van der Waals surface area contributed by atoms with Gasteiger partial charge in [0, 0.05) is 27.2 Å². The van der Waals surface area contributed by atoms with Crippen LogP contribution in [-0.4, -0.2) is 40.3 Å². The lowest BCUT2D eigenvalue weighted by Crippen LogP contribution is -2.38. The molecule has 0 unspecified atom stereocenters. The number of rotatable bonds is 2. The summed E-state index contributed by atoms with van der Waals surface area (Å²) in [5.74, 6) is 0. The number of hydrogen-bond acceptors (Lipinski definition) is 3. The van der Waals surface area contributed by atoms with E-state index in [4.69, 9.17) is 0 Å². The van der Waals surface area contributed by atoms with Crippen LogP contribution in [0.1, 0.15) is 19.3 Å². The minimum atomic E-state index is 0.574. The van der Waals surface area contributed by atoms with Crippen LogP contribution in [-0.2, 0) is 0 Å². The molecular weight excluding hydrogens is 234 g/mol. The van der Waals surface area contributed by atoms with Crippen molar-refractivity contribution in [1.29, 1.82) is 0 Å². The molecule has 3 rings (SSSR count). The predicted molar refractivity (Wildman–Crippen MR) is 82.1 cm³/mol. The van der Waals surface area contributed by atoms with Crippen molar-refractivity contribution >= 4 is 11.4 Å². The molecular formula is C16H25N3. The van der Waals surface area contributed by atoms with Gasteiger partial charge in [-0.05, 0) is 49.9 Å². The standard InChI is InChI=1S/C16H25N3/c1-18(2)14-5-3-4-6-15(14)19-12-9-16(13-19)7-10-17-11-8-16/h3-6,17H,7-13H2,1-2H3. The lowest BCUT2D eigenvalue weighted by atomic mass is 9.78. The van der Waals surface area contributed by atoms with Gasteiger partial charge in [0.1, 0.15) is 0 Å². The monoisotopic (exact) mass is 259 g/mol. The van der Waals surface area contributed by atoms with Crippen LogP contribution in [0, 0.1) is 5.41 Å². The van der Waals surface area contributed by atoms with Crippen molar-refractivity contribution < 1.29 is 0 Å². The normalized spacial score (nSPS) is 21.9. The highest BCUT2D eigenvalue weighted by Crippen LogP contribution is 2.42. The van der Waals surface area contributed by atoms with Crippen molar-refractivity contribution in [3.8, 4) is 0 Å². The third-order valence-corrected chi connectivity index (χ3v) is 4.81. The quantitative estimate of drug-likeness (QED) is 0.879. The molecule has 2 saturated heterocycles. The molecule has 0 atom stereocenters. The minimum Gasteiger partial charge on any atom is -0.376 e. The van der Waals surface area contributed by atoms with E-state index in [-0.39, 0.29) is 0 Å². The fraction of sp³-hybridized carbons (Fsp3) is 0.625. The van der Waals surface area contributed by atoms with Gasteiger partial charge in [-0.3, -0.25) is 0 Å². The van der Waals surface area contributed by atoms with Gasteiger partial charge in [0.15, 0.2) is 0 Å². The summed E-state index contributed by atoms with van der Waals surface area (Å²) in [7, 11) is 4.27. The van der Waals surface area contributed by atoms with Crippen molar-refractivity contribution in [3.63, 3.8) is 0 Å². The zero-order valence-electron chi connectivity index (χ0n) is 12.2. The van der Waals surface area contributed by atoms with Gasteiger partial charge in [-0.1, -0.05) is 12.1 Å². The van der Waals surface area contributed by atoms with Gasteiger partial charge in [0.25, 0.3) is 0 Å². The number of anilines is 2. The second-order valence-electron chi connectivity index (χ2n) is 6.30. The molecule has 0 aromatic heterocycles. The first kappa shape index (κ1) is 12.8. The number of hydrogen-bond donors (Lipinski definition) is 1. The number of benzene rings is 1. The van der Waals surface area contributed by atoms with Crippen LogP contribution in [0.5, 0.6) is 0 Å². The SMILES string of the molecule is CN(C)c1ccccc1N1CCC2(CCNCC2)C1. The summed E-state index contributed by atoms with van der Waals surface area (Å²) >= 11 is 0. The van der Waals surface area contributed by atoms with Gasteiger partial charge < -0.3 is 15.1 Å². The molecule has 2 aliphatic heterocycles. The van der Waals surface area contributed by atoms with E-state index in [1.165, 1.54) is 56.8 Å². The fourth-order valence-corrected chi connectivity index (χ4v) is 3.62. The third kappa shape index (κ3) is 2.44. The van der Waals surface area contributed by atoms with Crippen molar-refractivity contribution in [2.24, 2.45) is 5.41 Å². The van der Waals surface area contributed by atoms with E-state index in [0.717, 1.165) is 0 Å². The van der Waals surface area contributed by atoms with Crippen LogP contribution >= 0.6 is 0 Å². The first-order valence-corrected chi connectivity index (χ1v) is 7.42. The number of piperidine rings is 1. The molecule has 1 spiro atoms. The summed E-state index contributed by atoms with van der Waals surface area (Å²) in [5.41, 5.74) is 3.32. The Morgan fingerprint density at radius 1 is 1.11 bits per heavy atom. The topological polar surface area (TPSA) is 18.5 Å². The molecule has 0 saturated carbocycles. The lowest BCUT2D eigenvalue weighted by Gasteiger charge is -2.34. The molecule has 2 fully saturated rings. The average Bonchev–Trinajstić information content (AvgIpc) is 2.83. The van der Waals surface area contributed by atoms with E-state index in [2.05, 4.69) is 53.5 Å². The van der Waals surface area contributed by atoms with Crippen molar-refractivity contribution in [3.05, 3.63) is 24.3 Å². The molecule has 2 aliphatic rings. The van der Waals surface area contributed by atoms with E-state index in [9.17, 15) is 0 Å². The molecule has 2 heterocycles. The minimum absolute atomic E-state index is 0.574. The summed E-state index contributed by atoms with van der Waals surface area (Å²) in [6, 6.07) is 8.79. The molecule has 0 aliphatic carbocycles. The van der Waals surface area contributed by atoms with Crippen LogP contribution in [0.25, 0.3) is 0 Å². The summed E-state index contributed by atoms with van der Waals surface area (Å²) in [4.78, 5) is 4.82. The van der Waals surface area contributed by atoms with E-state index >= 15 is 0 Å². The highest BCUT2D eigenvalue weighted by atomic mass is 15.2. The molecule has 1 aromatic rings. The molecule has 1 aromatic carbocycles. The van der Waals surface area contributed by atoms with Crippen LogP contribution in [0.4, 0.5) is 11.4 Å². The predicted octanol–water partition coefficient (Wildman–Crippen LogP) is 2.33. The van der Waals surface area contributed by atoms with Gasteiger partial charge in [-0.25, -0.2) is 0 Å². The van der Waals surface area contributed by atoms with Crippen LogP contribution in [0.15, 0.2) is 24.3 Å². The largest absolute Gasteiger partial charge is 0.376 e. The third-order valence-electron chi connectivity index (χ3n) is 4.81. The van der Waals surface area contributed by atoms with E-state index in [1.54, 1.807) is 0 Å². The Labute approximate surface area is 116 Å². The summed E-state index contributed by atoms with van der Waals surface area (Å²) < 4.78 is 0. The van der Waals surface area contributed by atoms with Crippen molar-refractivity contribution in [2.45, 2.75) is 19.3 Å². The highest BCUT2D eigenvalue weighted by molar-refractivity contribution is 5.71. The molecule has 3 heteroatoms. The van der Waals surface area contributed by atoms with Gasteiger partial charge in [0.2, 0.25) is 0 Å². The van der Waals surface area contributed by atoms with E-state index in [1.807, 2.05) is 0 Å². The maximum Gasteiger partial charge on any atom is 0.0604 e. The molecule has 1 N–H and O–H groups in total. The second kappa shape index (κ2) is 5.04. The van der Waals surface area contributed by atoms with Gasteiger partial charge >= 0.3 is 0 Å². The maximum absolute atomic E-state index is 3.49. The molecule has 0 radical (unpaired) electrons. The Hall–Kier alpha value is -1.22. The number of para-hydroxylation sites is 2. The van der Waals surface area contributed by atoms with Crippen molar-refractivity contribution in [1.82, 2.24) is 5.32 Å². The Balaban J connectivity index is 1.81. The van der Waals surface area contributed by atoms with E-state index < -0.39 is 0 Å².